The SMILES string of the molecule is Cc1cc(C)cc(CNC(C)(C)c2ccc(Br)cc2)c1. The molecule has 0 fully saturated rings. The molecule has 2 rings (SSSR count). The minimum atomic E-state index is -0.0433. The summed E-state index contributed by atoms with van der Waals surface area (Å²) in [5.74, 6) is 0. The van der Waals surface area contributed by atoms with Crippen molar-refractivity contribution in [2.24, 2.45) is 0 Å². The molecular formula is C18H22BrN. The van der Waals surface area contributed by atoms with Gasteiger partial charge in [-0.1, -0.05) is 57.4 Å². The van der Waals surface area contributed by atoms with Crippen LogP contribution in [0.1, 0.15) is 36.1 Å². The minimum Gasteiger partial charge on any atom is -0.304 e. The van der Waals surface area contributed by atoms with Crippen molar-refractivity contribution >= 4 is 15.9 Å². The van der Waals surface area contributed by atoms with E-state index in [4.69, 9.17) is 0 Å². The van der Waals surface area contributed by atoms with Crippen molar-refractivity contribution in [1.29, 1.82) is 0 Å². The van der Waals surface area contributed by atoms with Gasteiger partial charge in [0.25, 0.3) is 0 Å². The van der Waals surface area contributed by atoms with Crippen LogP contribution < -0.4 is 5.32 Å². The van der Waals surface area contributed by atoms with Crippen LogP contribution in [0.4, 0.5) is 0 Å². The molecule has 0 aliphatic carbocycles. The van der Waals surface area contributed by atoms with Gasteiger partial charge in [-0.05, 0) is 51.0 Å². The van der Waals surface area contributed by atoms with Crippen LogP contribution in [-0.4, -0.2) is 0 Å². The smallest absolute Gasteiger partial charge is 0.0380 e. The van der Waals surface area contributed by atoms with Crippen LogP contribution in [0.5, 0.6) is 0 Å². The molecule has 1 nitrogen and oxygen atoms in total. The molecule has 106 valence electrons. The van der Waals surface area contributed by atoms with Gasteiger partial charge < -0.3 is 5.32 Å². The van der Waals surface area contributed by atoms with E-state index in [0.717, 1.165) is 11.0 Å². The molecule has 0 unspecified atom stereocenters. The third-order valence-corrected chi connectivity index (χ3v) is 4.11. The van der Waals surface area contributed by atoms with Crippen LogP contribution in [0.15, 0.2) is 46.9 Å². The minimum absolute atomic E-state index is 0.0433. The molecule has 2 aromatic rings. The lowest BCUT2D eigenvalue weighted by Gasteiger charge is -2.27. The summed E-state index contributed by atoms with van der Waals surface area (Å²) in [5.41, 5.74) is 5.24. The van der Waals surface area contributed by atoms with Crippen molar-refractivity contribution in [3.8, 4) is 0 Å². The fraction of sp³-hybridized carbons (Fsp3) is 0.333. The predicted molar refractivity (Wildman–Crippen MR) is 89.9 cm³/mol. The predicted octanol–water partition coefficient (Wildman–Crippen LogP) is 5.09. The second-order valence-corrected chi connectivity index (χ2v) is 6.90. The normalized spacial score (nSPS) is 11.7. The largest absolute Gasteiger partial charge is 0.304 e. The van der Waals surface area contributed by atoms with E-state index in [2.05, 4.69) is 91.4 Å². The highest BCUT2D eigenvalue weighted by Gasteiger charge is 2.19. The molecule has 2 heteroatoms. The zero-order valence-corrected chi connectivity index (χ0v) is 14.2. The van der Waals surface area contributed by atoms with E-state index in [1.54, 1.807) is 0 Å². The second-order valence-electron chi connectivity index (χ2n) is 5.98. The lowest BCUT2D eigenvalue weighted by atomic mass is 9.94. The Morgan fingerprint density at radius 3 is 2.05 bits per heavy atom. The number of halogens is 1. The number of nitrogens with one attached hydrogen (secondary N) is 1. The van der Waals surface area contributed by atoms with Crippen molar-refractivity contribution in [2.45, 2.75) is 39.8 Å². The Balaban J connectivity index is 2.10. The summed E-state index contributed by atoms with van der Waals surface area (Å²) in [6.07, 6.45) is 0. The van der Waals surface area contributed by atoms with Crippen molar-refractivity contribution in [2.75, 3.05) is 0 Å². The lowest BCUT2D eigenvalue weighted by Crippen LogP contribution is -2.35. The summed E-state index contributed by atoms with van der Waals surface area (Å²) in [6.45, 7) is 9.62. The van der Waals surface area contributed by atoms with Gasteiger partial charge in [0, 0.05) is 16.6 Å². The Hall–Kier alpha value is -1.12. The van der Waals surface area contributed by atoms with Gasteiger partial charge in [0.2, 0.25) is 0 Å². The van der Waals surface area contributed by atoms with E-state index in [1.807, 2.05) is 0 Å². The van der Waals surface area contributed by atoms with Gasteiger partial charge in [-0.3, -0.25) is 0 Å². The van der Waals surface area contributed by atoms with Crippen LogP contribution in [0.2, 0.25) is 0 Å². The van der Waals surface area contributed by atoms with Crippen LogP contribution >= 0.6 is 15.9 Å². The number of rotatable bonds is 4. The molecule has 0 saturated heterocycles. The lowest BCUT2D eigenvalue weighted by molar-refractivity contribution is 0.401. The van der Waals surface area contributed by atoms with E-state index in [-0.39, 0.29) is 5.54 Å². The Labute approximate surface area is 130 Å². The van der Waals surface area contributed by atoms with Gasteiger partial charge in [-0.25, -0.2) is 0 Å². The first-order valence-electron chi connectivity index (χ1n) is 6.95. The summed E-state index contributed by atoms with van der Waals surface area (Å²) in [5, 5.41) is 3.65. The third-order valence-electron chi connectivity index (χ3n) is 3.58. The molecule has 0 aliphatic rings. The monoisotopic (exact) mass is 331 g/mol. The second kappa shape index (κ2) is 6.11. The van der Waals surface area contributed by atoms with E-state index < -0.39 is 0 Å². The maximum absolute atomic E-state index is 3.65. The first kappa shape index (κ1) is 15.3. The van der Waals surface area contributed by atoms with Gasteiger partial charge in [0.1, 0.15) is 0 Å². The van der Waals surface area contributed by atoms with Gasteiger partial charge in [-0.15, -0.1) is 0 Å². The highest BCUT2D eigenvalue weighted by molar-refractivity contribution is 9.10. The van der Waals surface area contributed by atoms with Crippen LogP contribution in [0.3, 0.4) is 0 Å². The Morgan fingerprint density at radius 2 is 1.50 bits per heavy atom. The highest BCUT2D eigenvalue weighted by atomic mass is 79.9. The Bertz CT molecular complexity index is 565. The van der Waals surface area contributed by atoms with Crippen LogP contribution in [0.25, 0.3) is 0 Å². The topological polar surface area (TPSA) is 12.0 Å². The number of benzene rings is 2. The molecule has 0 radical (unpaired) electrons. The molecule has 0 atom stereocenters. The molecule has 0 heterocycles. The molecule has 0 bridgehead atoms. The average Bonchev–Trinajstić information content (AvgIpc) is 2.36. The van der Waals surface area contributed by atoms with E-state index in [9.17, 15) is 0 Å². The van der Waals surface area contributed by atoms with E-state index >= 15 is 0 Å². The average molecular weight is 332 g/mol. The van der Waals surface area contributed by atoms with Gasteiger partial charge in [0.15, 0.2) is 0 Å². The molecule has 0 aliphatic heterocycles. The van der Waals surface area contributed by atoms with E-state index in [1.165, 1.54) is 22.3 Å². The standard InChI is InChI=1S/C18H22BrN/c1-13-9-14(2)11-15(10-13)12-20-18(3,4)16-5-7-17(19)8-6-16/h5-11,20H,12H2,1-4H3. The zero-order chi connectivity index (χ0) is 14.8. The Morgan fingerprint density at radius 1 is 0.950 bits per heavy atom. The molecule has 2 aromatic carbocycles. The molecule has 0 aromatic heterocycles. The van der Waals surface area contributed by atoms with Gasteiger partial charge >= 0.3 is 0 Å². The molecular weight excluding hydrogens is 310 g/mol. The van der Waals surface area contributed by atoms with Crippen LogP contribution in [0, 0.1) is 13.8 Å². The van der Waals surface area contributed by atoms with Crippen molar-refractivity contribution in [1.82, 2.24) is 5.32 Å². The fourth-order valence-corrected chi connectivity index (χ4v) is 2.73. The number of hydrogen-bond acceptors (Lipinski definition) is 1. The van der Waals surface area contributed by atoms with E-state index in [0.29, 0.717) is 0 Å². The molecule has 0 amide bonds. The highest BCUT2D eigenvalue weighted by Crippen LogP contribution is 2.23. The number of hydrogen-bond donors (Lipinski definition) is 1. The molecule has 1 N–H and O–H groups in total. The summed E-state index contributed by atoms with van der Waals surface area (Å²) in [4.78, 5) is 0. The molecule has 0 saturated carbocycles. The zero-order valence-electron chi connectivity index (χ0n) is 12.6. The number of aryl methyl sites for hydroxylation is 2. The van der Waals surface area contributed by atoms with Gasteiger partial charge in [-0.2, -0.15) is 0 Å². The summed E-state index contributed by atoms with van der Waals surface area (Å²) in [6, 6.07) is 15.2. The molecule has 0 spiro atoms. The first-order chi connectivity index (χ1) is 9.37. The van der Waals surface area contributed by atoms with Crippen molar-refractivity contribution in [3.05, 3.63) is 69.2 Å². The van der Waals surface area contributed by atoms with Gasteiger partial charge in [0.05, 0.1) is 0 Å². The molecule has 20 heavy (non-hydrogen) atoms. The van der Waals surface area contributed by atoms with Crippen molar-refractivity contribution in [3.63, 3.8) is 0 Å². The van der Waals surface area contributed by atoms with Crippen LogP contribution in [-0.2, 0) is 12.1 Å². The van der Waals surface area contributed by atoms with Crippen molar-refractivity contribution < 1.29 is 0 Å². The maximum Gasteiger partial charge on any atom is 0.0380 e. The fourth-order valence-electron chi connectivity index (χ4n) is 2.46. The maximum atomic E-state index is 3.65. The summed E-state index contributed by atoms with van der Waals surface area (Å²) >= 11 is 3.48. The summed E-state index contributed by atoms with van der Waals surface area (Å²) < 4.78 is 1.12. The third kappa shape index (κ3) is 3.94. The quantitative estimate of drug-likeness (QED) is 0.822. The first-order valence-corrected chi connectivity index (χ1v) is 7.74. The Kier molecular flexibility index (Phi) is 4.66. The summed E-state index contributed by atoms with van der Waals surface area (Å²) in [7, 11) is 0.